The Bertz CT molecular complexity index is 966. The molecule has 0 saturated heterocycles. The lowest BCUT2D eigenvalue weighted by atomic mass is 10.0. The molecule has 4 aromatic heterocycles. The Balaban J connectivity index is 1.48. The van der Waals surface area contributed by atoms with Gasteiger partial charge in [0.25, 0.3) is 0 Å². The van der Waals surface area contributed by atoms with E-state index in [2.05, 4.69) is 19.6 Å². The summed E-state index contributed by atoms with van der Waals surface area (Å²) in [6.45, 7) is 2.69. The first-order valence-electron chi connectivity index (χ1n) is 8.08. The molecule has 0 bridgehead atoms. The Morgan fingerprint density at radius 1 is 1.17 bits per heavy atom. The van der Waals surface area contributed by atoms with Gasteiger partial charge >= 0.3 is 0 Å². The maximum absolute atomic E-state index is 4.84. The van der Waals surface area contributed by atoms with Crippen molar-refractivity contribution in [2.45, 2.75) is 39.2 Å². The van der Waals surface area contributed by atoms with Crippen LogP contribution < -0.4 is 0 Å². The maximum Gasteiger partial charge on any atom is 0.212 e. The van der Waals surface area contributed by atoms with Gasteiger partial charge in [-0.3, -0.25) is 0 Å². The number of aromatic nitrogens is 6. The molecule has 0 N–H and O–H groups in total. The van der Waals surface area contributed by atoms with Crippen molar-refractivity contribution in [1.29, 1.82) is 0 Å². The van der Waals surface area contributed by atoms with Gasteiger partial charge in [-0.1, -0.05) is 11.3 Å². The number of aryl methyl sites for hydroxylation is 3. The monoisotopic (exact) mass is 356 g/mol. The standard InChI is InChI=1S/C16H16N6S2/c1-10-20-22-9-11(18-16(22)23-10)8-21-7-6-17-14(21)15-19-12-4-2-3-5-13(12)24-15/h6-7,9H,2-5,8H2,1H3. The highest BCUT2D eigenvalue weighted by Crippen LogP contribution is 2.32. The van der Waals surface area contributed by atoms with Gasteiger partial charge in [0.1, 0.15) is 5.01 Å². The predicted molar refractivity (Wildman–Crippen MR) is 94.7 cm³/mol. The van der Waals surface area contributed by atoms with E-state index in [0.717, 1.165) is 39.3 Å². The highest BCUT2D eigenvalue weighted by molar-refractivity contribution is 7.16. The largest absolute Gasteiger partial charge is 0.323 e. The molecule has 0 aromatic carbocycles. The van der Waals surface area contributed by atoms with Crippen LogP contribution in [0.4, 0.5) is 0 Å². The summed E-state index contributed by atoms with van der Waals surface area (Å²) in [4.78, 5) is 16.4. The van der Waals surface area contributed by atoms with Crippen molar-refractivity contribution in [2.75, 3.05) is 0 Å². The van der Waals surface area contributed by atoms with E-state index in [0.29, 0.717) is 6.54 Å². The van der Waals surface area contributed by atoms with Gasteiger partial charge in [-0.25, -0.2) is 19.5 Å². The second kappa shape index (κ2) is 5.49. The molecule has 0 fully saturated rings. The molecule has 24 heavy (non-hydrogen) atoms. The molecule has 0 spiro atoms. The fraction of sp³-hybridized carbons (Fsp3) is 0.375. The summed E-state index contributed by atoms with van der Waals surface area (Å²) in [6.07, 6.45) is 10.6. The van der Waals surface area contributed by atoms with Crippen LogP contribution in [0.5, 0.6) is 0 Å². The fourth-order valence-electron chi connectivity index (χ4n) is 3.18. The van der Waals surface area contributed by atoms with Crippen LogP contribution in [-0.4, -0.2) is 29.1 Å². The van der Waals surface area contributed by atoms with Gasteiger partial charge in [-0.05, 0) is 32.6 Å². The smallest absolute Gasteiger partial charge is 0.212 e. The number of nitrogens with zero attached hydrogens (tertiary/aromatic N) is 6. The van der Waals surface area contributed by atoms with Crippen molar-refractivity contribution in [3.05, 3.63) is 39.9 Å². The summed E-state index contributed by atoms with van der Waals surface area (Å²) in [5.41, 5.74) is 2.27. The molecule has 5 rings (SSSR count). The van der Waals surface area contributed by atoms with Crippen molar-refractivity contribution in [1.82, 2.24) is 29.1 Å². The van der Waals surface area contributed by atoms with Gasteiger partial charge in [0.2, 0.25) is 4.96 Å². The van der Waals surface area contributed by atoms with E-state index in [1.165, 1.54) is 23.4 Å². The molecule has 0 radical (unpaired) electrons. The van der Waals surface area contributed by atoms with Gasteiger partial charge in [0, 0.05) is 17.3 Å². The number of hydrogen-bond donors (Lipinski definition) is 0. The van der Waals surface area contributed by atoms with Crippen molar-refractivity contribution >= 4 is 27.6 Å². The molecule has 1 aliphatic rings. The highest BCUT2D eigenvalue weighted by atomic mass is 32.1. The number of fused-ring (bicyclic) bond motifs is 2. The molecule has 0 amide bonds. The summed E-state index contributed by atoms with van der Waals surface area (Å²) < 4.78 is 3.98. The molecule has 1 aliphatic carbocycles. The molecule has 0 atom stereocenters. The maximum atomic E-state index is 4.84. The van der Waals surface area contributed by atoms with Crippen LogP contribution in [0.15, 0.2) is 18.6 Å². The first kappa shape index (κ1) is 14.3. The van der Waals surface area contributed by atoms with Crippen LogP contribution in [-0.2, 0) is 19.4 Å². The van der Waals surface area contributed by atoms with E-state index in [1.54, 1.807) is 22.7 Å². The molecular formula is C16H16N6S2. The van der Waals surface area contributed by atoms with E-state index >= 15 is 0 Å². The predicted octanol–water partition coefficient (Wildman–Crippen LogP) is 3.35. The van der Waals surface area contributed by atoms with Gasteiger partial charge < -0.3 is 4.57 Å². The highest BCUT2D eigenvalue weighted by Gasteiger charge is 2.19. The fourth-order valence-corrected chi connectivity index (χ4v) is 5.08. The third-order valence-corrected chi connectivity index (χ3v) is 6.27. The Morgan fingerprint density at radius 3 is 2.96 bits per heavy atom. The Morgan fingerprint density at radius 2 is 2.08 bits per heavy atom. The first-order chi connectivity index (χ1) is 11.8. The average Bonchev–Trinajstić information content (AvgIpc) is 3.29. The summed E-state index contributed by atoms with van der Waals surface area (Å²) in [5, 5.41) is 6.48. The first-order valence-corrected chi connectivity index (χ1v) is 9.71. The topological polar surface area (TPSA) is 60.9 Å². The summed E-state index contributed by atoms with van der Waals surface area (Å²) in [6, 6.07) is 0. The third-order valence-electron chi connectivity index (χ3n) is 4.28. The third kappa shape index (κ3) is 2.37. The summed E-state index contributed by atoms with van der Waals surface area (Å²) in [7, 11) is 0. The summed E-state index contributed by atoms with van der Waals surface area (Å²) in [5.74, 6) is 0.940. The van der Waals surface area contributed by atoms with Gasteiger partial charge in [0.05, 0.1) is 24.1 Å². The zero-order chi connectivity index (χ0) is 16.1. The zero-order valence-corrected chi connectivity index (χ0v) is 14.9. The zero-order valence-electron chi connectivity index (χ0n) is 13.3. The van der Waals surface area contributed by atoms with E-state index in [-0.39, 0.29) is 0 Å². The van der Waals surface area contributed by atoms with Crippen molar-refractivity contribution in [3.63, 3.8) is 0 Å². The lowest BCUT2D eigenvalue weighted by molar-refractivity contribution is 0.682. The quantitative estimate of drug-likeness (QED) is 0.565. The van der Waals surface area contributed by atoms with Crippen LogP contribution >= 0.6 is 22.7 Å². The average molecular weight is 356 g/mol. The second-order valence-electron chi connectivity index (χ2n) is 6.06. The Labute approximate surface area is 146 Å². The number of thiazole rings is 1. The van der Waals surface area contributed by atoms with Gasteiger partial charge in [-0.15, -0.1) is 11.3 Å². The molecule has 0 saturated carbocycles. The SMILES string of the molecule is Cc1nn2cc(Cn3ccnc3-c3nc4c(s3)CCCC4)nc2s1. The van der Waals surface area contributed by atoms with Crippen LogP contribution in [0, 0.1) is 6.92 Å². The minimum absolute atomic E-state index is 0.689. The van der Waals surface area contributed by atoms with Crippen molar-refractivity contribution in [3.8, 4) is 10.8 Å². The van der Waals surface area contributed by atoms with E-state index < -0.39 is 0 Å². The molecule has 8 heteroatoms. The Hall–Kier alpha value is -2.06. The van der Waals surface area contributed by atoms with Crippen LogP contribution in [0.3, 0.4) is 0 Å². The minimum atomic E-state index is 0.689. The Kier molecular flexibility index (Phi) is 3.27. The molecule has 122 valence electrons. The van der Waals surface area contributed by atoms with E-state index in [4.69, 9.17) is 4.98 Å². The molecule has 0 aliphatic heterocycles. The molecule has 4 heterocycles. The van der Waals surface area contributed by atoms with Gasteiger partial charge in [-0.2, -0.15) is 5.10 Å². The number of rotatable bonds is 3. The molecular weight excluding hydrogens is 340 g/mol. The van der Waals surface area contributed by atoms with E-state index in [9.17, 15) is 0 Å². The van der Waals surface area contributed by atoms with Crippen LogP contribution in [0.2, 0.25) is 0 Å². The summed E-state index contributed by atoms with van der Waals surface area (Å²) >= 11 is 3.41. The van der Waals surface area contributed by atoms with Crippen LogP contribution in [0.1, 0.15) is 34.1 Å². The second-order valence-corrected chi connectivity index (χ2v) is 8.30. The lowest BCUT2D eigenvalue weighted by Crippen LogP contribution is -2.02. The number of hydrogen-bond acceptors (Lipinski definition) is 6. The molecule has 0 unspecified atom stereocenters. The normalized spacial score (nSPS) is 14.4. The minimum Gasteiger partial charge on any atom is -0.323 e. The molecule has 4 aromatic rings. The number of imidazole rings is 2. The van der Waals surface area contributed by atoms with E-state index in [1.807, 2.05) is 30.0 Å². The molecule has 6 nitrogen and oxygen atoms in total. The van der Waals surface area contributed by atoms with Crippen molar-refractivity contribution < 1.29 is 0 Å². The van der Waals surface area contributed by atoms with Crippen molar-refractivity contribution in [2.24, 2.45) is 0 Å². The van der Waals surface area contributed by atoms with Gasteiger partial charge in [0.15, 0.2) is 10.8 Å². The van der Waals surface area contributed by atoms with Crippen LogP contribution in [0.25, 0.3) is 15.8 Å². The lowest BCUT2D eigenvalue weighted by Gasteiger charge is -2.06.